The third-order valence-corrected chi connectivity index (χ3v) is 6.47. The summed E-state index contributed by atoms with van der Waals surface area (Å²) < 4.78 is 2.52. The molecule has 164 valence electrons. The van der Waals surface area contributed by atoms with Gasteiger partial charge in [-0.15, -0.1) is 11.3 Å². The fraction of sp³-hybridized carbons (Fsp3) is 0.182. The number of aryl methyl sites for hydroxylation is 1. The number of benzene rings is 1. The van der Waals surface area contributed by atoms with Gasteiger partial charge in [0.2, 0.25) is 0 Å². The van der Waals surface area contributed by atoms with Gasteiger partial charge in [-0.25, -0.2) is 9.78 Å². The molecule has 0 saturated heterocycles. The van der Waals surface area contributed by atoms with E-state index in [1.54, 1.807) is 44.4 Å². The lowest BCUT2D eigenvalue weighted by Gasteiger charge is -2.07. The van der Waals surface area contributed by atoms with Crippen molar-refractivity contribution in [3.05, 3.63) is 96.2 Å². The fourth-order valence-electron chi connectivity index (χ4n) is 3.27. The second-order valence-corrected chi connectivity index (χ2v) is 8.64. The Balaban J connectivity index is 1.63. The van der Waals surface area contributed by atoms with Crippen molar-refractivity contribution in [2.45, 2.75) is 20.0 Å². The van der Waals surface area contributed by atoms with E-state index >= 15 is 0 Å². The second kappa shape index (κ2) is 8.97. The smallest absolute Gasteiger partial charge is 0.336 e. The molecule has 0 aliphatic carbocycles. The SMILES string of the molecule is CNc1cc(CNC(=O)c2cn3c(=O)n(Cc4ccc(Cl)cc4)c(=O)c(C)c3s2)ccn1. The lowest BCUT2D eigenvalue weighted by atomic mass is 10.2. The molecule has 3 heterocycles. The first-order valence-electron chi connectivity index (χ1n) is 9.78. The zero-order valence-electron chi connectivity index (χ0n) is 17.4. The molecule has 0 spiro atoms. The lowest BCUT2D eigenvalue weighted by Crippen LogP contribution is -2.38. The highest BCUT2D eigenvalue weighted by Crippen LogP contribution is 2.19. The molecule has 32 heavy (non-hydrogen) atoms. The molecular formula is C22H20ClN5O3S. The third-order valence-electron chi connectivity index (χ3n) is 5.01. The van der Waals surface area contributed by atoms with E-state index in [0.717, 1.165) is 27.0 Å². The van der Waals surface area contributed by atoms with Crippen molar-refractivity contribution in [3.8, 4) is 0 Å². The highest BCUT2D eigenvalue weighted by atomic mass is 35.5. The number of pyridine rings is 1. The van der Waals surface area contributed by atoms with Crippen LogP contribution in [0.4, 0.5) is 5.82 Å². The highest BCUT2D eigenvalue weighted by Gasteiger charge is 2.17. The summed E-state index contributed by atoms with van der Waals surface area (Å²) in [5.41, 5.74) is 1.20. The number of aromatic nitrogens is 3. The zero-order valence-corrected chi connectivity index (χ0v) is 19.0. The van der Waals surface area contributed by atoms with Gasteiger partial charge in [-0.3, -0.25) is 18.6 Å². The van der Waals surface area contributed by atoms with Crippen LogP contribution >= 0.6 is 22.9 Å². The predicted octanol–water partition coefficient (Wildman–Crippen LogP) is 2.90. The van der Waals surface area contributed by atoms with E-state index < -0.39 is 5.69 Å². The molecule has 4 rings (SSSR count). The number of carbonyl (C=O) groups is 1. The molecule has 0 radical (unpaired) electrons. The zero-order chi connectivity index (χ0) is 22.8. The van der Waals surface area contributed by atoms with Gasteiger partial charge in [0, 0.05) is 36.6 Å². The molecule has 1 amide bonds. The fourth-order valence-corrected chi connectivity index (χ4v) is 4.40. The molecule has 2 N–H and O–H groups in total. The largest absolute Gasteiger partial charge is 0.373 e. The number of amides is 1. The van der Waals surface area contributed by atoms with Gasteiger partial charge in [-0.05, 0) is 42.3 Å². The van der Waals surface area contributed by atoms with E-state index in [4.69, 9.17) is 11.6 Å². The van der Waals surface area contributed by atoms with Crippen molar-refractivity contribution in [3.63, 3.8) is 0 Å². The van der Waals surface area contributed by atoms with Gasteiger partial charge in [0.1, 0.15) is 15.5 Å². The number of hydrogen-bond donors (Lipinski definition) is 2. The normalized spacial score (nSPS) is 11.0. The molecular weight excluding hydrogens is 450 g/mol. The molecule has 0 unspecified atom stereocenters. The van der Waals surface area contributed by atoms with E-state index in [1.165, 1.54) is 10.6 Å². The van der Waals surface area contributed by atoms with Crippen LogP contribution in [-0.4, -0.2) is 26.9 Å². The molecule has 0 bridgehead atoms. The first kappa shape index (κ1) is 21.8. The van der Waals surface area contributed by atoms with Gasteiger partial charge in [-0.2, -0.15) is 0 Å². The molecule has 0 fully saturated rings. The Morgan fingerprint density at radius 2 is 1.91 bits per heavy atom. The van der Waals surface area contributed by atoms with Crippen molar-refractivity contribution in [2.24, 2.45) is 0 Å². The Kier molecular flexibility index (Phi) is 6.11. The van der Waals surface area contributed by atoms with Gasteiger partial charge >= 0.3 is 5.69 Å². The van der Waals surface area contributed by atoms with E-state index in [-0.39, 0.29) is 18.0 Å². The third kappa shape index (κ3) is 4.30. The van der Waals surface area contributed by atoms with Gasteiger partial charge in [-0.1, -0.05) is 23.7 Å². The summed E-state index contributed by atoms with van der Waals surface area (Å²) in [6.45, 7) is 2.08. The van der Waals surface area contributed by atoms with Crippen LogP contribution in [0.3, 0.4) is 0 Å². The van der Waals surface area contributed by atoms with E-state index in [2.05, 4.69) is 15.6 Å². The summed E-state index contributed by atoms with van der Waals surface area (Å²) in [5, 5.41) is 6.37. The van der Waals surface area contributed by atoms with Gasteiger partial charge in [0.05, 0.1) is 6.54 Å². The van der Waals surface area contributed by atoms with Crippen LogP contribution < -0.4 is 21.9 Å². The van der Waals surface area contributed by atoms with Crippen LogP contribution in [0, 0.1) is 6.92 Å². The molecule has 0 aliphatic heterocycles. The predicted molar refractivity (Wildman–Crippen MR) is 126 cm³/mol. The standard InChI is InChI=1S/C22H20ClN5O3S/c1-13-20(30)27(11-14-3-5-16(23)6-4-14)22(31)28-12-17(32-21(13)28)19(29)26-10-15-7-8-25-18(9-15)24-2/h3-9,12H,10-11H2,1-2H3,(H,24,25)(H,26,29). The van der Waals surface area contributed by atoms with Gasteiger partial charge < -0.3 is 10.6 Å². The first-order valence-corrected chi connectivity index (χ1v) is 11.0. The second-order valence-electron chi connectivity index (χ2n) is 7.18. The van der Waals surface area contributed by atoms with Crippen LogP contribution in [0.5, 0.6) is 0 Å². The Bertz CT molecular complexity index is 1420. The topological polar surface area (TPSA) is 97.5 Å². The minimum atomic E-state index is -0.492. The summed E-state index contributed by atoms with van der Waals surface area (Å²) in [6, 6.07) is 10.6. The average Bonchev–Trinajstić information content (AvgIpc) is 3.26. The number of carbonyl (C=O) groups excluding carboxylic acids is 1. The van der Waals surface area contributed by atoms with Crippen LogP contribution in [0.25, 0.3) is 4.83 Å². The number of hydrogen-bond acceptors (Lipinski definition) is 6. The van der Waals surface area contributed by atoms with Crippen molar-refractivity contribution in [1.29, 1.82) is 0 Å². The van der Waals surface area contributed by atoms with Gasteiger partial charge in [0.15, 0.2) is 0 Å². The average molecular weight is 470 g/mol. The molecule has 4 aromatic rings. The summed E-state index contributed by atoms with van der Waals surface area (Å²) in [6.07, 6.45) is 3.14. The van der Waals surface area contributed by atoms with Crippen LogP contribution in [0.2, 0.25) is 5.02 Å². The summed E-state index contributed by atoms with van der Waals surface area (Å²) in [4.78, 5) is 43.5. The molecule has 0 atom stereocenters. The van der Waals surface area contributed by atoms with E-state index in [0.29, 0.717) is 32.7 Å². The van der Waals surface area contributed by atoms with E-state index in [9.17, 15) is 14.4 Å². The quantitative estimate of drug-likeness (QED) is 0.452. The highest BCUT2D eigenvalue weighted by molar-refractivity contribution is 7.19. The molecule has 3 aromatic heterocycles. The summed E-state index contributed by atoms with van der Waals surface area (Å²) >= 11 is 7.03. The molecule has 10 heteroatoms. The van der Waals surface area contributed by atoms with Crippen molar-refractivity contribution in [2.75, 3.05) is 12.4 Å². The monoisotopic (exact) mass is 469 g/mol. The molecule has 0 aliphatic rings. The maximum Gasteiger partial charge on any atom is 0.336 e. The van der Waals surface area contributed by atoms with Crippen molar-refractivity contribution < 1.29 is 4.79 Å². The minimum Gasteiger partial charge on any atom is -0.373 e. The van der Waals surface area contributed by atoms with Crippen LogP contribution in [-0.2, 0) is 13.1 Å². The first-order chi connectivity index (χ1) is 15.4. The number of anilines is 1. The summed E-state index contributed by atoms with van der Waals surface area (Å²) in [5.74, 6) is 0.381. The van der Waals surface area contributed by atoms with Crippen LogP contribution in [0.1, 0.15) is 26.4 Å². The van der Waals surface area contributed by atoms with Crippen LogP contribution in [0.15, 0.2) is 58.4 Å². The lowest BCUT2D eigenvalue weighted by molar-refractivity contribution is 0.0954. The maximum absolute atomic E-state index is 13.0. The van der Waals surface area contributed by atoms with Gasteiger partial charge in [0.25, 0.3) is 11.5 Å². The van der Waals surface area contributed by atoms with Crippen molar-refractivity contribution >= 4 is 39.5 Å². The minimum absolute atomic E-state index is 0.117. The Labute approximate surface area is 192 Å². The number of nitrogens with one attached hydrogen (secondary N) is 2. The Hall–Kier alpha value is -3.43. The number of rotatable bonds is 6. The number of nitrogens with zero attached hydrogens (tertiary/aromatic N) is 3. The summed E-state index contributed by atoms with van der Waals surface area (Å²) in [7, 11) is 1.77. The molecule has 0 saturated carbocycles. The number of halogens is 1. The Morgan fingerprint density at radius 3 is 2.62 bits per heavy atom. The molecule has 1 aromatic carbocycles. The maximum atomic E-state index is 13.0. The molecule has 8 nitrogen and oxygen atoms in total. The number of thiazole rings is 1. The number of fused-ring (bicyclic) bond motifs is 1. The van der Waals surface area contributed by atoms with E-state index in [1.807, 2.05) is 12.1 Å². The Morgan fingerprint density at radius 1 is 1.16 bits per heavy atom. The van der Waals surface area contributed by atoms with Crippen molar-refractivity contribution in [1.82, 2.24) is 19.3 Å².